The third-order valence-electron chi connectivity index (χ3n) is 3.72. The van der Waals surface area contributed by atoms with E-state index in [0.717, 1.165) is 19.5 Å². The largest absolute Gasteiger partial charge is 0.323 e. The minimum Gasteiger partial charge on any atom is -0.316 e. The zero-order valence-corrected chi connectivity index (χ0v) is 9.51. The van der Waals surface area contributed by atoms with Crippen LogP contribution in [0.15, 0.2) is 4.79 Å². The van der Waals surface area contributed by atoms with Crippen molar-refractivity contribution in [3.63, 3.8) is 0 Å². The molecule has 16 heavy (non-hydrogen) atoms. The molecule has 2 heterocycles. The Bertz CT molecular complexity index is 410. The van der Waals surface area contributed by atoms with Crippen LogP contribution < -0.4 is 11.0 Å². The van der Waals surface area contributed by atoms with Crippen molar-refractivity contribution in [1.29, 1.82) is 0 Å². The number of H-pyrrole nitrogens is 2. The Morgan fingerprint density at radius 3 is 2.75 bits per heavy atom. The molecule has 1 aromatic heterocycles. The van der Waals surface area contributed by atoms with Gasteiger partial charge < -0.3 is 15.3 Å². The standard InChI is InChI=1S/C12H19N3O/c16-12-14-10(11(15-12)9-3-4-9)6-8-2-1-5-13-7-8/h8-9,13H,1-7H2,(H2,14,15,16). The number of hydrogen-bond donors (Lipinski definition) is 3. The van der Waals surface area contributed by atoms with Crippen molar-refractivity contribution < 1.29 is 0 Å². The van der Waals surface area contributed by atoms with Gasteiger partial charge in [0.1, 0.15) is 0 Å². The summed E-state index contributed by atoms with van der Waals surface area (Å²) in [6.07, 6.45) is 6.05. The Kier molecular flexibility index (Phi) is 2.59. The number of aromatic nitrogens is 2. The van der Waals surface area contributed by atoms with Crippen LogP contribution >= 0.6 is 0 Å². The molecule has 3 rings (SSSR count). The van der Waals surface area contributed by atoms with E-state index in [1.54, 1.807) is 0 Å². The van der Waals surface area contributed by atoms with E-state index in [0.29, 0.717) is 11.8 Å². The lowest BCUT2D eigenvalue weighted by Gasteiger charge is -2.22. The van der Waals surface area contributed by atoms with Crippen LogP contribution in [0.3, 0.4) is 0 Å². The van der Waals surface area contributed by atoms with Crippen molar-refractivity contribution in [3.05, 3.63) is 21.9 Å². The van der Waals surface area contributed by atoms with Gasteiger partial charge in [0.05, 0.1) is 0 Å². The van der Waals surface area contributed by atoms with Gasteiger partial charge in [-0.15, -0.1) is 0 Å². The first kappa shape index (κ1) is 10.1. The van der Waals surface area contributed by atoms with Crippen molar-refractivity contribution in [2.24, 2.45) is 5.92 Å². The molecule has 1 aliphatic heterocycles. The van der Waals surface area contributed by atoms with Crippen LogP contribution in [-0.4, -0.2) is 23.1 Å². The van der Waals surface area contributed by atoms with Gasteiger partial charge in [0.25, 0.3) is 0 Å². The molecule has 0 aromatic carbocycles. The van der Waals surface area contributed by atoms with E-state index >= 15 is 0 Å². The highest BCUT2D eigenvalue weighted by atomic mass is 16.1. The highest BCUT2D eigenvalue weighted by Crippen LogP contribution is 2.40. The van der Waals surface area contributed by atoms with E-state index in [-0.39, 0.29) is 5.69 Å². The van der Waals surface area contributed by atoms with Gasteiger partial charge in [-0.2, -0.15) is 0 Å². The molecule has 1 saturated carbocycles. The summed E-state index contributed by atoms with van der Waals surface area (Å²) in [4.78, 5) is 17.3. The van der Waals surface area contributed by atoms with Gasteiger partial charge >= 0.3 is 5.69 Å². The molecule has 1 saturated heterocycles. The predicted molar refractivity (Wildman–Crippen MR) is 62.7 cm³/mol. The van der Waals surface area contributed by atoms with Gasteiger partial charge in [0, 0.05) is 17.3 Å². The number of nitrogens with one attached hydrogen (secondary N) is 3. The fourth-order valence-electron chi connectivity index (χ4n) is 2.70. The van der Waals surface area contributed by atoms with Crippen LogP contribution in [0.1, 0.15) is 43.0 Å². The number of imidazole rings is 1. The molecule has 1 aromatic rings. The first-order valence-corrected chi connectivity index (χ1v) is 6.34. The maximum absolute atomic E-state index is 11.4. The van der Waals surface area contributed by atoms with Crippen molar-refractivity contribution in [1.82, 2.24) is 15.3 Å². The molecule has 0 spiro atoms. The van der Waals surface area contributed by atoms with Crippen LogP contribution in [0.25, 0.3) is 0 Å². The van der Waals surface area contributed by atoms with Crippen LogP contribution in [-0.2, 0) is 6.42 Å². The quantitative estimate of drug-likeness (QED) is 0.716. The minimum absolute atomic E-state index is 0.0272. The Morgan fingerprint density at radius 2 is 2.06 bits per heavy atom. The van der Waals surface area contributed by atoms with E-state index in [1.165, 1.54) is 37.1 Å². The lowest BCUT2D eigenvalue weighted by molar-refractivity contribution is 0.373. The maximum Gasteiger partial charge on any atom is 0.323 e. The monoisotopic (exact) mass is 221 g/mol. The highest BCUT2D eigenvalue weighted by molar-refractivity contribution is 5.21. The molecule has 2 aliphatic rings. The average Bonchev–Trinajstić information content (AvgIpc) is 3.06. The normalized spacial score (nSPS) is 25.9. The van der Waals surface area contributed by atoms with Gasteiger partial charge in [-0.3, -0.25) is 0 Å². The van der Waals surface area contributed by atoms with E-state index < -0.39 is 0 Å². The average molecular weight is 221 g/mol. The highest BCUT2D eigenvalue weighted by Gasteiger charge is 2.29. The van der Waals surface area contributed by atoms with E-state index in [1.807, 2.05) is 0 Å². The summed E-state index contributed by atoms with van der Waals surface area (Å²) < 4.78 is 0. The summed E-state index contributed by atoms with van der Waals surface area (Å²) in [5.41, 5.74) is 2.33. The maximum atomic E-state index is 11.4. The molecule has 1 unspecified atom stereocenters. The van der Waals surface area contributed by atoms with Crippen LogP contribution in [0.4, 0.5) is 0 Å². The Morgan fingerprint density at radius 1 is 1.19 bits per heavy atom. The Labute approximate surface area is 94.8 Å². The van der Waals surface area contributed by atoms with E-state index in [2.05, 4.69) is 15.3 Å². The molecular weight excluding hydrogens is 202 g/mol. The van der Waals surface area contributed by atoms with Crippen LogP contribution in [0.5, 0.6) is 0 Å². The Balaban J connectivity index is 1.74. The molecule has 88 valence electrons. The smallest absolute Gasteiger partial charge is 0.316 e. The second-order valence-corrected chi connectivity index (χ2v) is 5.16. The molecule has 0 radical (unpaired) electrons. The predicted octanol–water partition coefficient (Wildman–Crippen LogP) is 1.12. The van der Waals surface area contributed by atoms with Crippen molar-refractivity contribution in [2.75, 3.05) is 13.1 Å². The molecule has 1 atom stereocenters. The lowest BCUT2D eigenvalue weighted by atomic mass is 9.93. The first-order valence-electron chi connectivity index (χ1n) is 6.34. The van der Waals surface area contributed by atoms with E-state index in [9.17, 15) is 4.79 Å². The number of piperidine rings is 1. The third-order valence-corrected chi connectivity index (χ3v) is 3.72. The lowest BCUT2D eigenvalue weighted by Crippen LogP contribution is -2.31. The first-order chi connectivity index (χ1) is 7.83. The second kappa shape index (κ2) is 4.09. The number of aromatic amines is 2. The molecule has 0 bridgehead atoms. The minimum atomic E-state index is -0.0272. The summed E-state index contributed by atoms with van der Waals surface area (Å²) in [6, 6.07) is 0. The summed E-state index contributed by atoms with van der Waals surface area (Å²) in [5.74, 6) is 1.32. The molecule has 2 fully saturated rings. The zero-order valence-electron chi connectivity index (χ0n) is 9.51. The zero-order chi connectivity index (χ0) is 11.0. The summed E-state index contributed by atoms with van der Waals surface area (Å²) in [6.45, 7) is 2.24. The number of rotatable bonds is 3. The summed E-state index contributed by atoms with van der Waals surface area (Å²) in [7, 11) is 0. The Hall–Kier alpha value is -1.03. The van der Waals surface area contributed by atoms with Crippen LogP contribution in [0.2, 0.25) is 0 Å². The van der Waals surface area contributed by atoms with Crippen molar-refractivity contribution in [3.8, 4) is 0 Å². The SMILES string of the molecule is O=c1[nH]c(CC2CCCNC2)c(C2CC2)[nH]1. The van der Waals surface area contributed by atoms with Gasteiger partial charge in [-0.05, 0) is 51.1 Å². The molecule has 4 heteroatoms. The molecular formula is C12H19N3O. The second-order valence-electron chi connectivity index (χ2n) is 5.16. The fourth-order valence-corrected chi connectivity index (χ4v) is 2.70. The van der Waals surface area contributed by atoms with Gasteiger partial charge in [-0.25, -0.2) is 4.79 Å². The third kappa shape index (κ3) is 2.07. The topological polar surface area (TPSA) is 60.7 Å². The summed E-state index contributed by atoms with van der Waals surface area (Å²) in [5, 5.41) is 3.42. The number of hydrogen-bond acceptors (Lipinski definition) is 2. The van der Waals surface area contributed by atoms with Gasteiger partial charge in [0.15, 0.2) is 0 Å². The van der Waals surface area contributed by atoms with Gasteiger partial charge in [-0.1, -0.05) is 0 Å². The molecule has 1 aliphatic carbocycles. The molecule has 3 N–H and O–H groups in total. The molecule has 4 nitrogen and oxygen atoms in total. The van der Waals surface area contributed by atoms with Crippen molar-refractivity contribution >= 4 is 0 Å². The van der Waals surface area contributed by atoms with Crippen LogP contribution in [0, 0.1) is 5.92 Å². The van der Waals surface area contributed by atoms with E-state index in [4.69, 9.17) is 0 Å². The van der Waals surface area contributed by atoms with Crippen molar-refractivity contribution in [2.45, 2.75) is 38.0 Å². The summed E-state index contributed by atoms with van der Waals surface area (Å²) >= 11 is 0. The van der Waals surface area contributed by atoms with Gasteiger partial charge in [0.2, 0.25) is 0 Å². The fraction of sp³-hybridized carbons (Fsp3) is 0.750. The molecule has 0 amide bonds.